The van der Waals surface area contributed by atoms with Gasteiger partial charge >= 0.3 is 0 Å². The van der Waals surface area contributed by atoms with Gasteiger partial charge in [-0.25, -0.2) is 4.98 Å². The lowest BCUT2D eigenvalue weighted by atomic mass is 10.2. The van der Waals surface area contributed by atoms with E-state index in [1.807, 2.05) is 12.3 Å². The Hall–Kier alpha value is -2.15. The van der Waals surface area contributed by atoms with Crippen LogP contribution in [-0.4, -0.2) is 21.8 Å². The summed E-state index contributed by atoms with van der Waals surface area (Å²) in [6.07, 6.45) is 4.01. The second kappa shape index (κ2) is 6.33. The van der Waals surface area contributed by atoms with Crippen LogP contribution in [0.4, 0.5) is 5.13 Å². The van der Waals surface area contributed by atoms with Crippen molar-refractivity contribution >= 4 is 28.3 Å². The number of thiazole rings is 1. The second-order valence-corrected chi connectivity index (χ2v) is 5.21. The molecule has 2 aromatic rings. The lowest BCUT2D eigenvalue weighted by Crippen LogP contribution is -2.10. The number of hydrogen-bond acceptors (Lipinski definition) is 4. The summed E-state index contributed by atoms with van der Waals surface area (Å²) in [6, 6.07) is 1.64. The number of nitrogens with zero attached hydrogens (tertiary/aromatic N) is 1. The van der Waals surface area contributed by atoms with Crippen LogP contribution >= 0.6 is 11.3 Å². The van der Waals surface area contributed by atoms with Crippen molar-refractivity contribution in [3.8, 4) is 11.3 Å². The Kier molecular flexibility index (Phi) is 4.52. The Bertz CT molecular complexity index is 617. The Morgan fingerprint density at radius 3 is 2.95 bits per heavy atom. The summed E-state index contributed by atoms with van der Waals surface area (Å²) in [5.41, 5.74) is 6.98. The van der Waals surface area contributed by atoms with Gasteiger partial charge in [0.15, 0.2) is 5.13 Å². The van der Waals surface area contributed by atoms with E-state index in [-0.39, 0.29) is 5.91 Å². The summed E-state index contributed by atoms with van der Waals surface area (Å²) in [5.74, 6) is -0.542. The van der Waals surface area contributed by atoms with Gasteiger partial charge in [0.25, 0.3) is 5.91 Å². The molecule has 0 bridgehead atoms. The molecule has 0 aliphatic heterocycles. The molecule has 4 N–H and O–H groups in total. The van der Waals surface area contributed by atoms with E-state index in [9.17, 15) is 9.59 Å². The van der Waals surface area contributed by atoms with E-state index in [1.165, 1.54) is 11.3 Å². The molecular weight excluding hydrogens is 276 g/mol. The minimum absolute atomic E-state index is 0.0281. The zero-order valence-corrected chi connectivity index (χ0v) is 11.9. The third-order valence-corrected chi connectivity index (χ3v) is 3.51. The van der Waals surface area contributed by atoms with Crippen LogP contribution in [-0.2, 0) is 4.79 Å². The van der Waals surface area contributed by atoms with Gasteiger partial charge in [-0.2, -0.15) is 0 Å². The first-order valence-electron chi connectivity index (χ1n) is 6.34. The monoisotopic (exact) mass is 292 g/mol. The molecule has 0 saturated carbocycles. The second-order valence-electron chi connectivity index (χ2n) is 4.36. The van der Waals surface area contributed by atoms with Crippen molar-refractivity contribution in [2.75, 3.05) is 5.32 Å². The number of hydrogen-bond donors (Lipinski definition) is 3. The highest BCUT2D eigenvalue weighted by Crippen LogP contribution is 2.25. The Morgan fingerprint density at radius 2 is 2.30 bits per heavy atom. The number of amides is 2. The molecule has 0 aromatic carbocycles. The molecule has 0 aliphatic carbocycles. The number of H-pyrrole nitrogens is 1. The number of aromatic nitrogens is 2. The quantitative estimate of drug-likeness (QED) is 0.761. The van der Waals surface area contributed by atoms with Crippen LogP contribution in [0, 0.1) is 0 Å². The van der Waals surface area contributed by atoms with Gasteiger partial charge < -0.3 is 16.0 Å². The van der Waals surface area contributed by atoms with Gasteiger partial charge in [-0.05, 0) is 12.5 Å². The number of primary amides is 1. The highest BCUT2D eigenvalue weighted by Gasteiger charge is 2.10. The average Bonchev–Trinajstić information content (AvgIpc) is 3.04. The summed E-state index contributed by atoms with van der Waals surface area (Å²) in [6.45, 7) is 2.04. The molecule has 2 rings (SSSR count). The number of rotatable bonds is 6. The molecule has 106 valence electrons. The van der Waals surface area contributed by atoms with E-state index < -0.39 is 5.91 Å². The first-order chi connectivity index (χ1) is 9.60. The van der Waals surface area contributed by atoms with Crippen LogP contribution in [0.25, 0.3) is 11.3 Å². The molecule has 0 radical (unpaired) electrons. The zero-order valence-electron chi connectivity index (χ0n) is 11.1. The minimum atomic E-state index is -0.514. The molecule has 0 saturated heterocycles. The van der Waals surface area contributed by atoms with E-state index in [1.54, 1.807) is 12.3 Å². The van der Waals surface area contributed by atoms with Gasteiger partial charge in [0, 0.05) is 23.6 Å². The normalized spacial score (nSPS) is 10.4. The molecule has 20 heavy (non-hydrogen) atoms. The number of anilines is 1. The van der Waals surface area contributed by atoms with Gasteiger partial charge in [0.1, 0.15) is 5.69 Å². The maximum absolute atomic E-state index is 11.6. The predicted octanol–water partition coefficient (Wildman–Crippen LogP) is 2.37. The SMILES string of the molecule is CCCCC(=O)Nc1nc(-c2c[nH]c(C(N)=O)c2)cs1. The van der Waals surface area contributed by atoms with Gasteiger partial charge in [0.2, 0.25) is 5.91 Å². The molecule has 2 heterocycles. The third-order valence-electron chi connectivity index (χ3n) is 2.75. The fourth-order valence-corrected chi connectivity index (χ4v) is 2.40. The number of carbonyl (C=O) groups excluding carboxylic acids is 2. The van der Waals surface area contributed by atoms with Crippen LogP contribution in [0.3, 0.4) is 0 Å². The topological polar surface area (TPSA) is 101 Å². The zero-order chi connectivity index (χ0) is 14.5. The molecule has 2 aromatic heterocycles. The van der Waals surface area contributed by atoms with E-state index in [2.05, 4.69) is 15.3 Å². The number of aromatic amines is 1. The van der Waals surface area contributed by atoms with E-state index in [0.29, 0.717) is 22.9 Å². The maximum Gasteiger partial charge on any atom is 0.265 e. The van der Waals surface area contributed by atoms with Gasteiger partial charge in [-0.1, -0.05) is 13.3 Å². The number of nitrogens with two attached hydrogens (primary N) is 1. The van der Waals surface area contributed by atoms with Crippen molar-refractivity contribution in [2.24, 2.45) is 5.73 Å². The summed E-state index contributed by atoms with van der Waals surface area (Å²) in [7, 11) is 0. The van der Waals surface area contributed by atoms with Crippen LogP contribution in [0.1, 0.15) is 36.7 Å². The largest absolute Gasteiger partial charge is 0.364 e. The summed E-state index contributed by atoms with van der Waals surface area (Å²) in [5, 5.41) is 5.14. The highest BCUT2D eigenvalue weighted by molar-refractivity contribution is 7.14. The first-order valence-corrected chi connectivity index (χ1v) is 7.22. The van der Waals surface area contributed by atoms with Crippen molar-refractivity contribution < 1.29 is 9.59 Å². The Balaban J connectivity index is 2.04. The molecule has 0 aliphatic rings. The molecular formula is C13H16N4O2S. The molecule has 2 amide bonds. The molecule has 7 heteroatoms. The third kappa shape index (κ3) is 3.45. The van der Waals surface area contributed by atoms with Crippen molar-refractivity contribution in [3.05, 3.63) is 23.3 Å². The van der Waals surface area contributed by atoms with E-state index in [4.69, 9.17) is 5.73 Å². The van der Waals surface area contributed by atoms with Crippen molar-refractivity contribution in [1.29, 1.82) is 0 Å². The van der Waals surface area contributed by atoms with Crippen molar-refractivity contribution in [1.82, 2.24) is 9.97 Å². The Labute approximate surface area is 120 Å². The van der Waals surface area contributed by atoms with Crippen molar-refractivity contribution in [3.63, 3.8) is 0 Å². The van der Waals surface area contributed by atoms with Crippen LogP contribution in [0.15, 0.2) is 17.6 Å². The first kappa shape index (κ1) is 14.3. The molecule has 0 unspecified atom stereocenters. The standard InChI is InChI=1S/C13H16N4O2S/c1-2-3-4-11(18)17-13-16-10(7-20-13)8-5-9(12(14)19)15-6-8/h5-7,15H,2-4H2,1H3,(H2,14,19)(H,16,17,18). The lowest BCUT2D eigenvalue weighted by Gasteiger charge is -1.99. The van der Waals surface area contributed by atoms with Gasteiger partial charge in [0.05, 0.1) is 5.69 Å². The molecule has 0 fully saturated rings. The number of unbranched alkanes of at least 4 members (excludes halogenated alkanes) is 1. The molecule has 0 spiro atoms. The minimum Gasteiger partial charge on any atom is -0.364 e. The van der Waals surface area contributed by atoms with Crippen LogP contribution < -0.4 is 11.1 Å². The van der Waals surface area contributed by atoms with E-state index in [0.717, 1.165) is 18.4 Å². The average molecular weight is 292 g/mol. The predicted molar refractivity (Wildman–Crippen MR) is 78.6 cm³/mol. The highest BCUT2D eigenvalue weighted by atomic mass is 32.1. The number of carbonyl (C=O) groups is 2. The Morgan fingerprint density at radius 1 is 1.50 bits per heavy atom. The van der Waals surface area contributed by atoms with E-state index >= 15 is 0 Å². The van der Waals surface area contributed by atoms with Gasteiger partial charge in [-0.3, -0.25) is 9.59 Å². The van der Waals surface area contributed by atoms with Gasteiger partial charge in [-0.15, -0.1) is 11.3 Å². The van der Waals surface area contributed by atoms with Crippen molar-refractivity contribution in [2.45, 2.75) is 26.2 Å². The smallest absolute Gasteiger partial charge is 0.265 e. The lowest BCUT2D eigenvalue weighted by molar-refractivity contribution is -0.116. The summed E-state index contributed by atoms with van der Waals surface area (Å²) < 4.78 is 0. The van der Waals surface area contributed by atoms with Crippen LogP contribution in [0.5, 0.6) is 0 Å². The summed E-state index contributed by atoms with van der Waals surface area (Å²) >= 11 is 1.35. The molecule has 6 nitrogen and oxygen atoms in total. The fourth-order valence-electron chi connectivity index (χ4n) is 1.67. The fraction of sp³-hybridized carbons (Fsp3) is 0.308. The number of nitrogens with one attached hydrogen (secondary N) is 2. The van der Waals surface area contributed by atoms with Crippen LogP contribution in [0.2, 0.25) is 0 Å². The maximum atomic E-state index is 11.6. The summed E-state index contributed by atoms with van der Waals surface area (Å²) in [4.78, 5) is 29.7. The molecule has 0 atom stereocenters.